The van der Waals surface area contributed by atoms with Gasteiger partial charge in [-0.15, -0.1) is 0 Å². The topological polar surface area (TPSA) is 75.1 Å². The lowest BCUT2D eigenvalue weighted by Gasteiger charge is -2.29. The number of rotatable bonds is 4. The normalized spacial score (nSPS) is 15.5. The number of amides is 1. The van der Waals surface area contributed by atoms with E-state index in [2.05, 4.69) is 20.7 Å². The highest BCUT2D eigenvalue weighted by Gasteiger charge is 2.33. The molecule has 0 bridgehead atoms. The van der Waals surface area contributed by atoms with E-state index >= 15 is 0 Å². The van der Waals surface area contributed by atoms with Gasteiger partial charge in [0.05, 0.1) is 5.57 Å². The average molecular weight is 388 g/mol. The van der Waals surface area contributed by atoms with Crippen molar-refractivity contribution in [2.75, 3.05) is 29.6 Å². The molecule has 1 amide bonds. The van der Waals surface area contributed by atoms with Crippen molar-refractivity contribution in [3.05, 3.63) is 77.3 Å². The number of benzene rings is 2. The second kappa shape index (κ2) is 7.43. The number of aryl methyl sites for hydroxylation is 1. The number of allylic oxidation sites excluding steroid dienone is 1. The van der Waals surface area contributed by atoms with Crippen LogP contribution in [0, 0.1) is 6.92 Å². The molecule has 2 aromatic carbocycles. The van der Waals surface area contributed by atoms with Crippen LogP contribution in [-0.4, -0.2) is 34.8 Å². The average Bonchev–Trinajstić information content (AvgIpc) is 3.16. The second-order valence-corrected chi connectivity index (χ2v) is 7.40. The zero-order valence-electron chi connectivity index (χ0n) is 17.0. The molecule has 1 atom stereocenters. The zero-order valence-corrected chi connectivity index (χ0v) is 17.0. The SMILES string of the molecule is CC1=C(C(=O)Nc2ccc(C)cc2)[C@H](c2ccc(N(C)C)cc2)n2ncnc2N1. The minimum atomic E-state index is -0.365. The van der Waals surface area contributed by atoms with Gasteiger partial charge in [-0.2, -0.15) is 10.1 Å². The number of fused-ring (bicyclic) bond motifs is 1. The van der Waals surface area contributed by atoms with E-state index in [1.165, 1.54) is 6.33 Å². The molecule has 1 aromatic heterocycles. The molecule has 1 aliphatic heterocycles. The third-order valence-corrected chi connectivity index (χ3v) is 5.07. The van der Waals surface area contributed by atoms with Crippen molar-refractivity contribution in [1.82, 2.24) is 14.8 Å². The summed E-state index contributed by atoms with van der Waals surface area (Å²) < 4.78 is 1.75. The fourth-order valence-corrected chi connectivity index (χ4v) is 3.48. The highest BCUT2D eigenvalue weighted by Crippen LogP contribution is 2.35. The van der Waals surface area contributed by atoms with Gasteiger partial charge in [0.25, 0.3) is 5.91 Å². The smallest absolute Gasteiger partial charge is 0.255 e. The molecule has 0 radical (unpaired) electrons. The van der Waals surface area contributed by atoms with Crippen molar-refractivity contribution in [2.24, 2.45) is 0 Å². The van der Waals surface area contributed by atoms with Crippen LogP contribution in [0.5, 0.6) is 0 Å². The fraction of sp³-hybridized carbons (Fsp3) is 0.227. The first-order valence-corrected chi connectivity index (χ1v) is 9.46. The van der Waals surface area contributed by atoms with Gasteiger partial charge in [-0.1, -0.05) is 29.8 Å². The molecule has 0 aliphatic carbocycles. The van der Waals surface area contributed by atoms with Crippen LogP contribution in [0.25, 0.3) is 0 Å². The predicted molar refractivity (Wildman–Crippen MR) is 115 cm³/mol. The van der Waals surface area contributed by atoms with Gasteiger partial charge in [-0.05, 0) is 43.7 Å². The van der Waals surface area contributed by atoms with E-state index in [4.69, 9.17) is 0 Å². The van der Waals surface area contributed by atoms with Gasteiger partial charge in [0.1, 0.15) is 12.4 Å². The maximum Gasteiger partial charge on any atom is 0.255 e. The minimum absolute atomic E-state index is 0.165. The molecule has 148 valence electrons. The van der Waals surface area contributed by atoms with Crippen LogP contribution in [0.15, 0.2) is 66.1 Å². The van der Waals surface area contributed by atoms with Crippen molar-refractivity contribution in [1.29, 1.82) is 0 Å². The standard InChI is InChI=1S/C22H24N6O/c1-14-5-9-17(10-6-14)26-21(29)19-15(2)25-22-23-13-24-28(22)20(19)16-7-11-18(12-8-16)27(3)4/h5-13,20H,1-4H3,(H,26,29)(H,23,24,25)/t20-/m0/s1. The summed E-state index contributed by atoms with van der Waals surface area (Å²) in [6.07, 6.45) is 1.50. The highest BCUT2D eigenvalue weighted by atomic mass is 16.1. The predicted octanol–water partition coefficient (Wildman–Crippen LogP) is 3.58. The van der Waals surface area contributed by atoms with Gasteiger partial charge in [0.2, 0.25) is 5.95 Å². The van der Waals surface area contributed by atoms with E-state index in [0.29, 0.717) is 11.5 Å². The van der Waals surface area contributed by atoms with Gasteiger partial charge in [-0.3, -0.25) is 4.79 Å². The van der Waals surface area contributed by atoms with Gasteiger partial charge < -0.3 is 15.5 Å². The molecule has 0 saturated carbocycles. The Morgan fingerprint density at radius 3 is 2.41 bits per heavy atom. The van der Waals surface area contributed by atoms with E-state index in [1.54, 1.807) is 4.68 Å². The summed E-state index contributed by atoms with van der Waals surface area (Å²) in [5.74, 6) is 0.456. The second-order valence-electron chi connectivity index (χ2n) is 7.40. The third kappa shape index (κ3) is 3.59. The molecule has 0 unspecified atom stereocenters. The summed E-state index contributed by atoms with van der Waals surface area (Å²) in [6, 6.07) is 15.5. The summed E-state index contributed by atoms with van der Waals surface area (Å²) in [7, 11) is 4.00. The Kier molecular flexibility index (Phi) is 4.80. The van der Waals surface area contributed by atoms with Crippen LogP contribution in [-0.2, 0) is 4.79 Å². The molecule has 2 N–H and O–H groups in total. The molecule has 4 rings (SSSR count). The number of hydrogen-bond acceptors (Lipinski definition) is 5. The van der Waals surface area contributed by atoms with Crippen LogP contribution in [0.1, 0.15) is 24.1 Å². The Hall–Kier alpha value is -3.61. The van der Waals surface area contributed by atoms with Crippen molar-refractivity contribution in [3.63, 3.8) is 0 Å². The third-order valence-electron chi connectivity index (χ3n) is 5.07. The maximum atomic E-state index is 13.3. The zero-order chi connectivity index (χ0) is 20.5. The molecular formula is C22H24N6O. The number of nitrogens with zero attached hydrogens (tertiary/aromatic N) is 4. The van der Waals surface area contributed by atoms with Crippen molar-refractivity contribution in [3.8, 4) is 0 Å². The van der Waals surface area contributed by atoms with Crippen LogP contribution in [0.4, 0.5) is 17.3 Å². The molecule has 0 spiro atoms. The maximum absolute atomic E-state index is 13.3. The molecule has 0 fully saturated rings. The summed E-state index contributed by atoms with van der Waals surface area (Å²) in [6.45, 7) is 3.91. The molecule has 1 aliphatic rings. The van der Waals surface area contributed by atoms with Crippen LogP contribution < -0.4 is 15.5 Å². The lowest BCUT2D eigenvalue weighted by molar-refractivity contribution is -0.113. The molecule has 7 heteroatoms. The summed E-state index contributed by atoms with van der Waals surface area (Å²) in [4.78, 5) is 19.6. The van der Waals surface area contributed by atoms with Gasteiger partial charge in [-0.25, -0.2) is 4.68 Å². The van der Waals surface area contributed by atoms with E-state index in [-0.39, 0.29) is 11.9 Å². The first-order valence-electron chi connectivity index (χ1n) is 9.46. The summed E-state index contributed by atoms with van der Waals surface area (Å²) in [5, 5.41) is 10.6. The Morgan fingerprint density at radius 1 is 1.07 bits per heavy atom. The monoisotopic (exact) mass is 388 g/mol. The van der Waals surface area contributed by atoms with Crippen molar-refractivity contribution >= 4 is 23.2 Å². The number of aromatic nitrogens is 3. The number of carbonyl (C=O) groups is 1. The van der Waals surface area contributed by atoms with Gasteiger partial charge in [0.15, 0.2) is 0 Å². The number of carbonyl (C=O) groups excluding carboxylic acids is 1. The fourth-order valence-electron chi connectivity index (χ4n) is 3.48. The Balaban J connectivity index is 1.73. The highest BCUT2D eigenvalue weighted by molar-refractivity contribution is 6.06. The van der Waals surface area contributed by atoms with E-state index < -0.39 is 0 Å². The molecule has 29 heavy (non-hydrogen) atoms. The van der Waals surface area contributed by atoms with Crippen LogP contribution >= 0.6 is 0 Å². The quantitative estimate of drug-likeness (QED) is 0.715. The van der Waals surface area contributed by atoms with Crippen molar-refractivity contribution in [2.45, 2.75) is 19.9 Å². The Bertz CT molecular complexity index is 1060. The molecule has 3 aromatic rings. The first-order chi connectivity index (χ1) is 13.9. The van der Waals surface area contributed by atoms with Crippen LogP contribution in [0.2, 0.25) is 0 Å². The number of nitrogens with one attached hydrogen (secondary N) is 2. The molecule has 7 nitrogen and oxygen atoms in total. The van der Waals surface area contributed by atoms with Crippen LogP contribution in [0.3, 0.4) is 0 Å². The minimum Gasteiger partial charge on any atom is -0.378 e. The number of anilines is 3. The lowest BCUT2D eigenvalue weighted by Crippen LogP contribution is -2.31. The number of hydrogen-bond donors (Lipinski definition) is 2. The van der Waals surface area contributed by atoms with Crippen molar-refractivity contribution < 1.29 is 4.79 Å². The molecular weight excluding hydrogens is 364 g/mol. The Labute approximate surface area is 170 Å². The molecule has 2 heterocycles. The summed E-state index contributed by atoms with van der Waals surface area (Å²) in [5.41, 5.74) is 5.33. The van der Waals surface area contributed by atoms with Gasteiger partial charge in [0, 0.05) is 31.2 Å². The Morgan fingerprint density at radius 2 is 1.76 bits per heavy atom. The van der Waals surface area contributed by atoms with Gasteiger partial charge >= 0.3 is 0 Å². The summed E-state index contributed by atoms with van der Waals surface area (Å²) >= 11 is 0. The molecule has 0 saturated heterocycles. The van der Waals surface area contributed by atoms with E-state index in [1.807, 2.05) is 81.4 Å². The lowest BCUT2D eigenvalue weighted by atomic mass is 9.94. The van der Waals surface area contributed by atoms with E-state index in [9.17, 15) is 4.79 Å². The first kappa shape index (κ1) is 18.7. The van der Waals surface area contributed by atoms with E-state index in [0.717, 1.165) is 28.2 Å². The largest absolute Gasteiger partial charge is 0.378 e.